The first-order valence-electron chi connectivity index (χ1n) is 7.44. The fourth-order valence-corrected chi connectivity index (χ4v) is 2.36. The van der Waals surface area contributed by atoms with E-state index in [4.69, 9.17) is 5.73 Å². The van der Waals surface area contributed by atoms with Crippen molar-refractivity contribution in [2.45, 2.75) is 25.8 Å². The van der Waals surface area contributed by atoms with Gasteiger partial charge in [0.15, 0.2) is 11.6 Å². The van der Waals surface area contributed by atoms with Gasteiger partial charge in [-0.3, -0.25) is 9.59 Å². The SMILES string of the molecule is Cc1ccccc1C[C@H](NC(=O)Cc1ccc(F)c(F)c1)C(N)=O. The van der Waals surface area contributed by atoms with Crippen LogP contribution in [-0.2, 0) is 22.4 Å². The average molecular weight is 332 g/mol. The highest BCUT2D eigenvalue weighted by Crippen LogP contribution is 2.11. The second kappa shape index (κ2) is 7.68. The molecule has 4 nitrogen and oxygen atoms in total. The molecule has 0 saturated heterocycles. The first kappa shape index (κ1) is 17.6. The van der Waals surface area contributed by atoms with Gasteiger partial charge in [0.05, 0.1) is 6.42 Å². The maximum atomic E-state index is 13.2. The molecule has 3 N–H and O–H groups in total. The van der Waals surface area contributed by atoms with Gasteiger partial charge in [0, 0.05) is 6.42 Å². The van der Waals surface area contributed by atoms with E-state index in [1.807, 2.05) is 31.2 Å². The number of nitrogens with one attached hydrogen (secondary N) is 1. The number of rotatable bonds is 6. The Morgan fingerprint density at radius 1 is 1.12 bits per heavy atom. The Labute approximate surface area is 138 Å². The first-order valence-corrected chi connectivity index (χ1v) is 7.44. The fraction of sp³-hybridized carbons (Fsp3) is 0.222. The summed E-state index contributed by atoms with van der Waals surface area (Å²) in [7, 11) is 0. The van der Waals surface area contributed by atoms with Gasteiger partial charge in [-0.2, -0.15) is 0 Å². The monoisotopic (exact) mass is 332 g/mol. The largest absolute Gasteiger partial charge is 0.368 e. The van der Waals surface area contributed by atoms with Crippen molar-refractivity contribution in [3.8, 4) is 0 Å². The number of amides is 2. The van der Waals surface area contributed by atoms with Crippen molar-refractivity contribution < 1.29 is 18.4 Å². The predicted molar refractivity (Wildman–Crippen MR) is 86.1 cm³/mol. The number of carbonyl (C=O) groups is 2. The minimum Gasteiger partial charge on any atom is -0.368 e. The van der Waals surface area contributed by atoms with Crippen molar-refractivity contribution in [2.75, 3.05) is 0 Å². The molecule has 126 valence electrons. The molecule has 2 amide bonds. The number of hydrogen-bond acceptors (Lipinski definition) is 2. The van der Waals surface area contributed by atoms with Gasteiger partial charge < -0.3 is 11.1 Å². The summed E-state index contributed by atoms with van der Waals surface area (Å²) >= 11 is 0. The minimum atomic E-state index is -1.02. The number of carbonyl (C=O) groups excluding carboxylic acids is 2. The van der Waals surface area contributed by atoms with Crippen LogP contribution in [0.15, 0.2) is 42.5 Å². The molecule has 0 aliphatic rings. The Morgan fingerprint density at radius 2 is 1.83 bits per heavy atom. The van der Waals surface area contributed by atoms with E-state index in [0.717, 1.165) is 23.3 Å². The number of benzene rings is 2. The number of nitrogens with two attached hydrogens (primary N) is 1. The molecule has 1 atom stereocenters. The molecule has 0 aliphatic heterocycles. The van der Waals surface area contributed by atoms with Crippen LogP contribution in [0.25, 0.3) is 0 Å². The Morgan fingerprint density at radius 3 is 2.46 bits per heavy atom. The molecule has 2 rings (SSSR count). The smallest absolute Gasteiger partial charge is 0.240 e. The molecule has 0 heterocycles. The van der Waals surface area contributed by atoms with Crippen molar-refractivity contribution in [1.29, 1.82) is 0 Å². The van der Waals surface area contributed by atoms with E-state index in [9.17, 15) is 18.4 Å². The standard InChI is InChI=1S/C18H18F2N2O2/c1-11-4-2-3-5-13(11)10-16(18(21)24)22-17(23)9-12-6-7-14(19)15(20)8-12/h2-8,16H,9-10H2,1H3,(H2,21,24)(H,22,23)/t16-/m0/s1. The van der Waals surface area contributed by atoms with Crippen LogP contribution in [-0.4, -0.2) is 17.9 Å². The van der Waals surface area contributed by atoms with Gasteiger partial charge in [-0.05, 0) is 35.7 Å². The summed E-state index contributed by atoms with van der Waals surface area (Å²) in [6.45, 7) is 1.90. The van der Waals surface area contributed by atoms with Crippen LogP contribution >= 0.6 is 0 Å². The van der Waals surface area contributed by atoms with Gasteiger partial charge in [-0.15, -0.1) is 0 Å². The summed E-state index contributed by atoms with van der Waals surface area (Å²) in [4.78, 5) is 23.7. The summed E-state index contributed by atoms with van der Waals surface area (Å²) in [6.07, 6.45) is 0.0975. The molecule has 2 aromatic rings. The van der Waals surface area contributed by atoms with Crippen molar-refractivity contribution in [1.82, 2.24) is 5.32 Å². The van der Waals surface area contributed by atoms with Crippen LogP contribution in [0.1, 0.15) is 16.7 Å². The van der Waals surface area contributed by atoms with Crippen molar-refractivity contribution in [3.63, 3.8) is 0 Å². The highest BCUT2D eigenvalue weighted by molar-refractivity contribution is 5.87. The summed E-state index contributed by atoms with van der Waals surface area (Å²) in [5.41, 5.74) is 7.55. The molecule has 0 saturated carbocycles. The summed E-state index contributed by atoms with van der Waals surface area (Å²) in [6, 6.07) is 9.82. The topological polar surface area (TPSA) is 72.2 Å². The van der Waals surface area contributed by atoms with Crippen LogP contribution in [0.3, 0.4) is 0 Å². The third-order valence-corrected chi connectivity index (χ3v) is 3.71. The van der Waals surface area contributed by atoms with Gasteiger partial charge in [0.1, 0.15) is 6.04 Å². The average Bonchev–Trinajstić information content (AvgIpc) is 2.52. The molecule has 0 aromatic heterocycles. The highest BCUT2D eigenvalue weighted by Gasteiger charge is 2.19. The van der Waals surface area contributed by atoms with Crippen LogP contribution < -0.4 is 11.1 Å². The van der Waals surface area contributed by atoms with Crippen LogP contribution in [0.5, 0.6) is 0 Å². The van der Waals surface area contributed by atoms with Crippen LogP contribution in [0.4, 0.5) is 8.78 Å². The highest BCUT2D eigenvalue weighted by atomic mass is 19.2. The molecule has 0 fully saturated rings. The molecule has 0 bridgehead atoms. The normalized spacial score (nSPS) is 11.8. The number of aryl methyl sites for hydroxylation is 1. The lowest BCUT2D eigenvalue weighted by molar-refractivity contribution is -0.127. The lowest BCUT2D eigenvalue weighted by atomic mass is 10.0. The summed E-state index contributed by atoms with van der Waals surface area (Å²) < 4.78 is 26.1. The van der Waals surface area contributed by atoms with Crippen molar-refractivity contribution >= 4 is 11.8 Å². The van der Waals surface area contributed by atoms with E-state index < -0.39 is 29.5 Å². The molecule has 0 unspecified atom stereocenters. The molecule has 0 aliphatic carbocycles. The molecule has 2 aromatic carbocycles. The zero-order valence-corrected chi connectivity index (χ0v) is 13.2. The van der Waals surface area contributed by atoms with Gasteiger partial charge in [0.2, 0.25) is 11.8 Å². The Hall–Kier alpha value is -2.76. The second-order valence-electron chi connectivity index (χ2n) is 5.58. The second-order valence-corrected chi connectivity index (χ2v) is 5.58. The van der Waals surface area contributed by atoms with E-state index in [1.54, 1.807) is 0 Å². The summed E-state index contributed by atoms with van der Waals surface area (Å²) in [5, 5.41) is 2.55. The predicted octanol–water partition coefficient (Wildman–Crippen LogP) is 2.03. The quantitative estimate of drug-likeness (QED) is 0.849. The van der Waals surface area contributed by atoms with Gasteiger partial charge in [-0.25, -0.2) is 8.78 Å². The zero-order chi connectivity index (χ0) is 17.7. The first-order chi connectivity index (χ1) is 11.4. The lowest BCUT2D eigenvalue weighted by Gasteiger charge is -2.17. The number of primary amides is 1. The number of hydrogen-bond donors (Lipinski definition) is 2. The third-order valence-electron chi connectivity index (χ3n) is 3.71. The Kier molecular flexibility index (Phi) is 5.63. The van der Waals surface area contributed by atoms with E-state index >= 15 is 0 Å². The molecule has 24 heavy (non-hydrogen) atoms. The minimum absolute atomic E-state index is 0.172. The van der Waals surface area contributed by atoms with E-state index in [1.165, 1.54) is 6.07 Å². The van der Waals surface area contributed by atoms with E-state index in [0.29, 0.717) is 5.56 Å². The molecular weight excluding hydrogens is 314 g/mol. The van der Waals surface area contributed by atoms with Gasteiger partial charge in [-0.1, -0.05) is 30.3 Å². The Balaban J connectivity index is 2.04. The van der Waals surface area contributed by atoms with Crippen LogP contribution in [0.2, 0.25) is 0 Å². The molecule has 0 spiro atoms. The summed E-state index contributed by atoms with van der Waals surface area (Å²) in [5.74, 6) is -3.14. The maximum absolute atomic E-state index is 13.2. The third kappa shape index (κ3) is 4.62. The van der Waals surface area contributed by atoms with E-state index in [-0.39, 0.29) is 12.8 Å². The van der Waals surface area contributed by atoms with Crippen molar-refractivity contribution in [2.24, 2.45) is 5.73 Å². The van der Waals surface area contributed by atoms with Crippen molar-refractivity contribution in [3.05, 3.63) is 70.8 Å². The van der Waals surface area contributed by atoms with Crippen LogP contribution in [0, 0.1) is 18.6 Å². The zero-order valence-electron chi connectivity index (χ0n) is 13.2. The molecule has 0 radical (unpaired) electrons. The fourth-order valence-electron chi connectivity index (χ4n) is 2.36. The number of halogens is 2. The molecule has 6 heteroatoms. The van der Waals surface area contributed by atoms with E-state index in [2.05, 4.69) is 5.32 Å². The van der Waals surface area contributed by atoms with Gasteiger partial charge in [0.25, 0.3) is 0 Å². The maximum Gasteiger partial charge on any atom is 0.240 e. The lowest BCUT2D eigenvalue weighted by Crippen LogP contribution is -2.46. The Bertz CT molecular complexity index is 762. The molecular formula is C18H18F2N2O2. The van der Waals surface area contributed by atoms with Gasteiger partial charge >= 0.3 is 0 Å².